The number of nitrogens with zero attached hydrogens (tertiary/aromatic N) is 1. The number of benzene rings is 1. The third-order valence-electron chi connectivity index (χ3n) is 4.43. The second kappa shape index (κ2) is 8.69. The highest BCUT2D eigenvalue weighted by atomic mass is 79.9. The fourth-order valence-corrected chi connectivity index (χ4v) is 3.51. The first-order valence-electron chi connectivity index (χ1n) is 8.37. The van der Waals surface area contributed by atoms with Crippen molar-refractivity contribution in [3.8, 4) is 5.75 Å². The Kier molecular flexibility index (Phi) is 6.90. The first-order chi connectivity index (χ1) is 11.0. The van der Waals surface area contributed by atoms with Crippen LogP contribution < -0.4 is 4.74 Å². The molecule has 0 aliphatic carbocycles. The summed E-state index contributed by atoms with van der Waals surface area (Å²) >= 11 is 3.52. The van der Waals surface area contributed by atoms with Gasteiger partial charge in [-0.2, -0.15) is 0 Å². The third kappa shape index (κ3) is 5.21. The van der Waals surface area contributed by atoms with Gasteiger partial charge in [0.1, 0.15) is 5.75 Å². The van der Waals surface area contributed by atoms with Crippen LogP contribution in [0.1, 0.15) is 38.7 Å². The lowest BCUT2D eigenvalue weighted by Gasteiger charge is -2.18. The zero-order valence-electron chi connectivity index (χ0n) is 13.9. The zero-order valence-corrected chi connectivity index (χ0v) is 15.5. The molecule has 1 aliphatic rings. The highest BCUT2D eigenvalue weighted by Gasteiger charge is 2.34. The summed E-state index contributed by atoms with van der Waals surface area (Å²) in [5.41, 5.74) is 1.12. The largest absolute Gasteiger partial charge is 0.493 e. The lowest BCUT2D eigenvalue weighted by Crippen LogP contribution is -2.23. The molecule has 128 valence electrons. The van der Waals surface area contributed by atoms with Crippen molar-refractivity contribution < 1.29 is 14.6 Å². The molecule has 1 aromatic rings. The smallest absolute Gasteiger partial charge is 0.308 e. The molecule has 0 radical (unpaired) electrons. The van der Waals surface area contributed by atoms with E-state index in [1.807, 2.05) is 19.1 Å². The highest BCUT2D eigenvalue weighted by molar-refractivity contribution is 9.10. The molecular formula is C18H26BrNO3. The van der Waals surface area contributed by atoms with Crippen molar-refractivity contribution in [3.05, 3.63) is 28.2 Å². The molecule has 0 spiro atoms. The summed E-state index contributed by atoms with van der Waals surface area (Å²) in [6.45, 7) is 7.09. The number of unbranched alkanes of at least 4 members (excludes halogenated alkanes) is 2. The van der Waals surface area contributed by atoms with Gasteiger partial charge in [0, 0.05) is 29.7 Å². The van der Waals surface area contributed by atoms with Crippen LogP contribution in [0, 0.1) is 11.8 Å². The Morgan fingerprint density at radius 1 is 1.39 bits per heavy atom. The SMILES string of the molecule is CCCCCOc1ccc(Br)cc1CN1C[C@@H](C)[C@H](C(=O)O)C1. The third-order valence-corrected chi connectivity index (χ3v) is 4.92. The van der Waals surface area contributed by atoms with Crippen LogP contribution in [0.4, 0.5) is 0 Å². The Hall–Kier alpha value is -1.07. The van der Waals surface area contributed by atoms with Crippen molar-refractivity contribution in [1.29, 1.82) is 0 Å². The van der Waals surface area contributed by atoms with Crippen molar-refractivity contribution >= 4 is 21.9 Å². The number of carboxylic acid groups (broad SMARTS) is 1. The van der Waals surface area contributed by atoms with Crippen LogP contribution in [0.2, 0.25) is 0 Å². The molecule has 1 aliphatic heterocycles. The van der Waals surface area contributed by atoms with Gasteiger partial charge in [-0.1, -0.05) is 42.6 Å². The summed E-state index contributed by atoms with van der Waals surface area (Å²) in [4.78, 5) is 13.5. The minimum atomic E-state index is -0.690. The molecule has 2 atom stereocenters. The highest BCUT2D eigenvalue weighted by Crippen LogP contribution is 2.29. The Morgan fingerprint density at radius 2 is 2.17 bits per heavy atom. The van der Waals surface area contributed by atoms with Crippen LogP contribution in [0.25, 0.3) is 0 Å². The molecule has 0 amide bonds. The van der Waals surface area contributed by atoms with E-state index >= 15 is 0 Å². The van der Waals surface area contributed by atoms with E-state index in [4.69, 9.17) is 4.74 Å². The van der Waals surface area contributed by atoms with Crippen LogP contribution in [-0.4, -0.2) is 35.7 Å². The van der Waals surface area contributed by atoms with Crippen molar-refractivity contribution in [2.75, 3.05) is 19.7 Å². The Morgan fingerprint density at radius 3 is 2.83 bits per heavy atom. The number of hydrogen-bond donors (Lipinski definition) is 1. The molecule has 2 rings (SSSR count). The lowest BCUT2D eigenvalue weighted by molar-refractivity contribution is -0.142. The van der Waals surface area contributed by atoms with Crippen LogP contribution in [0.3, 0.4) is 0 Å². The number of carbonyl (C=O) groups is 1. The lowest BCUT2D eigenvalue weighted by atomic mass is 9.99. The van der Waals surface area contributed by atoms with Gasteiger partial charge in [-0.05, 0) is 30.5 Å². The molecule has 1 fully saturated rings. The zero-order chi connectivity index (χ0) is 16.8. The fourth-order valence-electron chi connectivity index (χ4n) is 3.11. The summed E-state index contributed by atoms with van der Waals surface area (Å²) < 4.78 is 6.97. The standard InChI is InChI=1S/C18H26BrNO3/c1-3-4-5-8-23-17-7-6-15(19)9-14(17)11-20-10-13(2)16(12-20)18(21)22/h6-7,9,13,16H,3-5,8,10-12H2,1-2H3,(H,21,22)/t13-,16-/m1/s1. The van der Waals surface area contributed by atoms with E-state index in [9.17, 15) is 9.90 Å². The minimum Gasteiger partial charge on any atom is -0.493 e. The average Bonchev–Trinajstić information content (AvgIpc) is 2.86. The number of rotatable bonds is 8. The van der Waals surface area contributed by atoms with Crippen molar-refractivity contribution in [1.82, 2.24) is 4.90 Å². The van der Waals surface area contributed by atoms with Gasteiger partial charge >= 0.3 is 5.97 Å². The van der Waals surface area contributed by atoms with Gasteiger partial charge in [0.05, 0.1) is 12.5 Å². The van der Waals surface area contributed by atoms with Crippen molar-refractivity contribution in [2.24, 2.45) is 11.8 Å². The molecule has 0 aromatic heterocycles. The summed E-state index contributed by atoms with van der Waals surface area (Å²) in [6.07, 6.45) is 3.42. The van der Waals surface area contributed by atoms with E-state index in [1.165, 1.54) is 12.8 Å². The summed E-state index contributed by atoms with van der Waals surface area (Å²) in [5, 5.41) is 9.27. The molecular weight excluding hydrogens is 358 g/mol. The van der Waals surface area contributed by atoms with Gasteiger partial charge in [0.15, 0.2) is 0 Å². The average molecular weight is 384 g/mol. The maximum Gasteiger partial charge on any atom is 0.308 e. The second-order valence-corrected chi connectivity index (χ2v) is 7.34. The predicted octanol–water partition coefficient (Wildman–Crippen LogP) is 4.17. The topological polar surface area (TPSA) is 49.8 Å². The summed E-state index contributed by atoms with van der Waals surface area (Å²) in [7, 11) is 0. The molecule has 1 N–H and O–H groups in total. The van der Waals surface area contributed by atoms with E-state index in [1.54, 1.807) is 0 Å². The second-order valence-electron chi connectivity index (χ2n) is 6.42. The number of aliphatic carboxylic acids is 1. The van der Waals surface area contributed by atoms with Gasteiger partial charge < -0.3 is 9.84 Å². The molecule has 1 heterocycles. The molecule has 0 unspecified atom stereocenters. The van der Waals surface area contributed by atoms with Crippen LogP contribution in [0.5, 0.6) is 5.75 Å². The van der Waals surface area contributed by atoms with E-state index in [0.717, 1.165) is 41.9 Å². The Bertz CT molecular complexity index is 535. The Labute approximate surface area is 147 Å². The molecule has 5 heteroatoms. The normalized spacial score (nSPS) is 21.5. The van der Waals surface area contributed by atoms with Crippen LogP contribution in [-0.2, 0) is 11.3 Å². The maximum atomic E-state index is 11.3. The van der Waals surface area contributed by atoms with Gasteiger partial charge in [-0.3, -0.25) is 9.69 Å². The fraction of sp³-hybridized carbons (Fsp3) is 0.611. The maximum absolute atomic E-state index is 11.3. The number of ether oxygens (including phenoxy) is 1. The number of likely N-dealkylation sites (tertiary alicyclic amines) is 1. The predicted molar refractivity (Wildman–Crippen MR) is 94.7 cm³/mol. The first kappa shape index (κ1) is 18.3. The van der Waals surface area contributed by atoms with Crippen molar-refractivity contribution in [2.45, 2.75) is 39.7 Å². The van der Waals surface area contributed by atoms with Gasteiger partial charge in [-0.25, -0.2) is 0 Å². The van der Waals surface area contributed by atoms with Gasteiger partial charge in [0.25, 0.3) is 0 Å². The van der Waals surface area contributed by atoms with Gasteiger partial charge in [-0.15, -0.1) is 0 Å². The molecule has 23 heavy (non-hydrogen) atoms. The molecule has 0 bridgehead atoms. The van der Waals surface area contributed by atoms with Crippen molar-refractivity contribution in [3.63, 3.8) is 0 Å². The van der Waals surface area contributed by atoms with Crippen LogP contribution >= 0.6 is 15.9 Å². The molecule has 0 saturated carbocycles. The monoisotopic (exact) mass is 383 g/mol. The first-order valence-corrected chi connectivity index (χ1v) is 9.17. The molecule has 1 saturated heterocycles. The number of halogens is 1. The van der Waals surface area contributed by atoms with Crippen LogP contribution in [0.15, 0.2) is 22.7 Å². The number of carboxylic acids is 1. The molecule has 4 nitrogen and oxygen atoms in total. The van der Waals surface area contributed by atoms with E-state index in [2.05, 4.69) is 33.8 Å². The quantitative estimate of drug-likeness (QED) is 0.684. The number of hydrogen-bond acceptors (Lipinski definition) is 3. The van der Waals surface area contributed by atoms with E-state index in [0.29, 0.717) is 6.54 Å². The summed E-state index contributed by atoms with van der Waals surface area (Å²) in [5.74, 6) is 0.144. The van der Waals surface area contributed by atoms with E-state index < -0.39 is 5.97 Å². The van der Waals surface area contributed by atoms with Gasteiger partial charge in [0.2, 0.25) is 0 Å². The van der Waals surface area contributed by atoms with E-state index in [-0.39, 0.29) is 11.8 Å². The summed E-state index contributed by atoms with van der Waals surface area (Å²) in [6, 6.07) is 6.07. The minimum absolute atomic E-state index is 0.188. The molecule has 1 aromatic carbocycles. The Balaban J connectivity index is 2.01.